The SMILES string of the molecule is COc1ccc([C@H]2c3cc(OC)c(OC)cc3C[C@@H](CO)[C@@H]2C)cc1OC. The lowest BCUT2D eigenvalue weighted by Gasteiger charge is -2.38. The summed E-state index contributed by atoms with van der Waals surface area (Å²) in [4.78, 5) is 0. The fourth-order valence-electron chi connectivity index (χ4n) is 4.19. The predicted octanol–water partition coefficient (Wildman–Crippen LogP) is 3.65. The number of fused-ring (bicyclic) bond motifs is 1. The minimum Gasteiger partial charge on any atom is -0.493 e. The highest BCUT2D eigenvalue weighted by Gasteiger charge is 2.36. The smallest absolute Gasteiger partial charge is 0.161 e. The van der Waals surface area contributed by atoms with Crippen LogP contribution in [0.15, 0.2) is 30.3 Å². The Balaban J connectivity index is 2.17. The molecule has 1 aliphatic rings. The van der Waals surface area contributed by atoms with Gasteiger partial charge in [-0.15, -0.1) is 0 Å². The summed E-state index contributed by atoms with van der Waals surface area (Å²) in [5.41, 5.74) is 3.52. The molecule has 0 heterocycles. The van der Waals surface area contributed by atoms with E-state index < -0.39 is 0 Å². The third-order valence-electron chi connectivity index (χ3n) is 5.73. The summed E-state index contributed by atoms with van der Waals surface area (Å²) in [7, 11) is 6.57. The fraction of sp³-hybridized carbons (Fsp3) is 0.455. The molecule has 146 valence electrons. The van der Waals surface area contributed by atoms with Crippen LogP contribution >= 0.6 is 0 Å². The quantitative estimate of drug-likeness (QED) is 0.839. The zero-order chi connectivity index (χ0) is 19.6. The Morgan fingerprint density at radius 1 is 0.852 bits per heavy atom. The molecule has 1 N–H and O–H groups in total. The molecule has 0 saturated carbocycles. The molecule has 0 radical (unpaired) electrons. The normalized spacial score (nSPS) is 21.3. The van der Waals surface area contributed by atoms with Crippen LogP contribution in [0.3, 0.4) is 0 Å². The van der Waals surface area contributed by atoms with Crippen molar-refractivity contribution in [3.05, 3.63) is 47.0 Å². The minimum atomic E-state index is 0.116. The summed E-state index contributed by atoms with van der Waals surface area (Å²) in [5, 5.41) is 9.96. The van der Waals surface area contributed by atoms with Crippen molar-refractivity contribution in [2.24, 2.45) is 11.8 Å². The standard InChI is InChI=1S/C22H28O5/c1-13-16(12-23)8-15-10-20(26-4)21(27-5)11-17(15)22(13)14-6-7-18(24-2)19(9-14)25-3/h6-7,9-11,13,16,22-23H,8,12H2,1-5H3/t13-,16-,22-/m0/s1. The molecule has 0 unspecified atom stereocenters. The van der Waals surface area contributed by atoms with Crippen molar-refractivity contribution in [2.75, 3.05) is 35.0 Å². The largest absolute Gasteiger partial charge is 0.493 e. The maximum absolute atomic E-state index is 9.96. The van der Waals surface area contributed by atoms with Crippen LogP contribution in [0.5, 0.6) is 23.0 Å². The van der Waals surface area contributed by atoms with Crippen LogP contribution in [-0.4, -0.2) is 40.2 Å². The molecular formula is C22H28O5. The van der Waals surface area contributed by atoms with E-state index >= 15 is 0 Å². The molecule has 0 aliphatic heterocycles. The van der Waals surface area contributed by atoms with Gasteiger partial charge in [0.15, 0.2) is 23.0 Å². The third-order valence-corrected chi connectivity index (χ3v) is 5.73. The zero-order valence-electron chi connectivity index (χ0n) is 16.6. The van der Waals surface area contributed by atoms with Crippen molar-refractivity contribution in [3.63, 3.8) is 0 Å². The monoisotopic (exact) mass is 372 g/mol. The maximum Gasteiger partial charge on any atom is 0.161 e. The molecule has 3 atom stereocenters. The van der Waals surface area contributed by atoms with Gasteiger partial charge in [0, 0.05) is 12.5 Å². The van der Waals surface area contributed by atoms with Gasteiger partial charge in [0.05, 0.1) is 28.4 Å². The van der Waals surface area contributed by atoms with Crippen molar-refractivity contribution in [1.29, 1.82) is 0 Å². The summed E-state index contributed by atoms with van der Waals surface area (Å²) in [5.74, 6) is 3.40. The van der Waals surface area contributed by atoms with Crippen molar-refractivity contribution >= 4 is 0 Å². The molecule has 0 bridgehead atoms. The average Bonchev–Trinajstić information content (AvgIpc) is 2.71. The molecular weight excluding hydrogens is 344 g/mol. The van der Waals surface area contributed by atoms with E-state index in [0.717, 1.165) is 17.7 Å². The van der Waals surface area contributed by atoms with Crippen LogP contribution in [0.25, 0.3) is 0 Å². The van der Waals surface area contributed by atoms with E-state index in [1.165, 1.54) is 11.1 Å². The van der Waals surface area contributed by atoms with Gasteiger partial charge in [-0.2, -0.15) is 0 Å². The van der Waals surface area contributed by atoms with Crippen molar-refractivity contribution in [1.82, 2.24) is 0 Å². The Hall–Kier alpha value is -2.40. The molecule has 0 saturated heterocycles. The number of ether oxygens (including phenoxy) is 4. The first kappa shape index (κ1) is 19.4. The fourth-order valence-corrected chi connectivity index (χ4v) is 4.19. The topological polar surface area (TPSA) is 57.2 Å². The first-order chi connectivity index (χ1) is 13.1. The molecule has 2 aromatic rings. The van der Waals surface area contributed by atoms with Crippen molar-refractivity contribution < 1.29 is 24.1 Å². The van der Waals surface area contributed by atoms with E-state index in [4.69, 9.17) is 18.9 Å². The minimum absolute atomic E-state index is 0.116. The van der Waals surface area contributed by atoms with Crippen LogP contribution in [0.1, 0.15) is 29.5 Å². The van der Waals surface area contributed by atoms with E-state index in [1.807, 2.05) is 18.2 Å². The first-order valence-electron chi connectivity index (χ1n) is 9.15. The lowest BCUT2D eigenvalue weighted by molar-refractivity contribution is 0.164. The molecule has 27 heavy (non-hydrogen) atoms. The Bertz CT molecular complexity index is 802. The van der Waals surface area contributed by atoms with Crippen LogP contribution in [0, 0.1) is 11.8 Å². The van der Waals surface area contributed by atoms with Crippen LogP contribution in [-0.2, 0) is 6.42 Å². The lowest BCUT2D eigenvalue weighted by Crippen LogP contribution is -2.31. The van der Waals surface area contributed by atoms with Crippen LogP contribution < -0.4 is 18.9 Å². The third kappa shape index (κ3) is 3.44. The average molecular weight is 372 g/mol. The second kappa shape index (κ2) is 8.09. The van der Waals surface area contributed by atoms with Crippen molar-refractivity contribution in [3.8, 4) is 23.0 Å². The highest BCUT2D eigenvalue weighted by molar-refractivity contribution is 5.54. The number of hydrogen-bond acceptors (Lipinski definition) is 5. The van der Waals surface area contributed by atoms with Crippen molar-refractivity contribution in [2.45, 2.75) is 19.3 Å². The van der Waals surface area contributed by atoms with E-state index in [1.54, 1.807) is 28.4 Å². The highest BCUT2D eigenvalue weighted by Crippen LogP contribution is 2.48. The van der Waals surface area contributed by atoms with Crippen LogP contribution in [0.2, 0.25) is 0 Å². The van der Waals surface area contributed by atoms with Crippen LogP contribution in [0.4, 0.5) is 0 Å². The number of aliphatic hydroxyl groups is 1. The lowest BCUT2D eigenvalue weighted by atomic mass is 9.67. The summed E-state index contributed by atoms with van der Waals surface area (Å²) < 4.78 is 21.9. The van der Waals surface area contributed by atoms with Gasteiger partial charge in [-0.05, 0) is 59.2 Å². The van der Waals surface area contributed by atoms with E-state index in [-0.39, 0.29) is 24.4 Å². The molecule has 1 aliphatic carbocycles. The second-order valence-electron chi connectivity index (χ2n) is 7.00. The number of aliphatic hydroxyl groups excluding tert-OH is 1. The number of rotatable bonds is 6. The van der Waals surface area contributed by atoms with Gasteiger partial charge < -0.3 is 24.1 Å². The molecule has 0 amide bonds. The number of hydrogen-bond donors (Lipinski definition) is 1. The Kier molecular flexibility index (Phi) is 5.80. The van der Waals surface area contributed by atoms with Gasteiger partial charge >= 0.3 is 0 Å². The van der Waals surface area contributed by atoms with Gasteiger partial charge in [0.25, 0.3) is 0 Å². The molecule has 0 fully saturated rings. The summed E-state index contributed by atoms with van der Waals surface area (Å²) in [6.45, 7) is 2.35. The number of methoxy groups -OCH3 is 4. The second-order valence-corrected chi connectivity index (χ2v) is 7.00. The number of benzene rings is 2. The molecule has 5 heteroatoms. The molecule has 2 aromatic carbocycles. The summed E-state index contributed by atoms with van der Waals surface area (Å²) in [6.07, 6.45) is 0.817. The zero-order valence-corrected chi connectivity index (χ0v) is 16.6. The molecule has 3 rings (SSSR count). The first-order valence-corrected chi connectivity index (χ1v) is 9.15. The van der Waals surface area contributed by atoms with Gasteiger partial charge in [0.1, 0.15) is 0 Å². The Morgan fingerprint density at radius 2 is 1.44 bits per heavy atom. The van der Waals surface area contributed by atoms with Gasteiger partial charge in [-0.3, -0.25) is 0 Å². The van der Waals surface area contributed by atoms with Gasteiger partial charge in [0.2, 0.25) is 0 Å². The van der Waals surface area contributed by atoms with Gasteiger partial charge in [-0.1, -0.05) is 13.0 Å². The summed E-state index contributed by atoms with van der Waals surface area (Å²) >= 11 is 0. The molecule has 5 nitrogen and oxygen atoms in total. The van der Waals surface area contributed by atoms with E-state index in [0.29, 0.717) is 17.2 Å². The molecule has 0 spiro atoms. The summed E-state index contributed by atoms with van der Waals surface area (Å²) in [6, 6.07) is 10.1. The Morgan fingerprint density at radius 3 is 2.04 bits per heavy atom. The van der Waals surface area contributed by atoms with E-state index in [9.17, 15) is 5.11 Å². The Labute approximate surface area is 160 Å². The van der Waals surface area contributed by atoms with E-state index in [2.05, 4.69) is 19.1 Å². The molecule has 0 aromatic heterocycles. The van der Waals surface area contributed by atoms with Gasteiger partial charge in [-0.25, -0.2) is 0 Å². The highest BCUT2D eigenvalue weighted by atomic mass is 16.5. The maximum atomic E-state index is 9.96. The predicted molar refractivity (Wildman–Crippen MR) is 104 cm³/mol.